The van der Waals surface area contributed by atoms with Crippen LogP contribution in [0.1, 0.15) is 23.0 Å². The second kappa shape index (κ2) is 4.05. The van der Waals surface area contributed by atoms with E-state index in [4.69, 9.17) is 0 Å². The third-order valence-corrected chi connectivity index (χ3v) is 3.27. The molecule has 2 heterocycles. The summed E-state index contributed by atoms with van der Waals surface area (Å²) >= 11 is 1.19. The predicted molar refractivity (Wildman–Crippen MR) is 60.6 cm³/mol. The van der Waals surface area contributed by atoms with Gasteiger partial charge in [0.05, 0.1) is 6.20 Å². The number of thiazole rings is 1. The minimum atomic E-state index is -0.185. The Balaban J connectivity index is 2.41. The number of hydrogen-bond acceptors (Lipinski definition) is 5. The van der Waals surface area contributed by atoms with Gasteiger partial charge in [-0.05, 0) is 0 Å². The molecule has 1 N–H and O–H groups in total. The van der Waals surface area contributed by atoms with Gasteiger partial charge in [0.1, 0.15) is 9.88 Å². The highest BCUT2D eigenvalue weighted by molar-refractivity contribution is 7.17. The summed E-state index contributed by atoms with van der Waals surface area (Å²) in [6, 6.07) is 0. The lowest BCUT2D eigenvalue weighted by Crippen LogP contribution is -1.92. The number of aromatic hydroxyl groups is 1. The Bertz CT molecular complexity index is 530. The third-order valence-electron chi connectivity index (χ3n) is 2.14. The van der Waals surface area contributed by atoms with E-state index in [0.717, 1.165) is 5.56 Å². The largest absolute Gasteiger partial charge is 0.492 e. The molecule has 5 nitrogen and oxygen atoms in total. The number of ketones is 1. The van der Waals surface area contributed by atoms with Crippen LogP contribution in [0.2, 0.25) is 0 Å². The zero-order valence-corrected chi connectivity index (χ0v) is 9.78. The summed E-state index contributed by atoms with van der Waals surface area (Å²) in [5, 5.41) is 14.2. The maximum absolute atomic E-state index is 11.5. The second-order valence-electron chi connectivity index (χ2n) is 3.35. The van der Waals surface area contributed by atoms with Gasteiger partial charge < -0.3 is 5.11 Å². The monoisotopic (exact) mass is 237 g/mol. The van der Waals surface area contributed by atoms with Crippen molar-refractivity contribution in [3.8, 4) is 16.5 Å². The molecule has 16 heavy (non-hydrogen) atoms. The number of aryl methyl sites for hydroxylation is 1. The summed E-state index contributed by atoms with van der Waals surface area (Å²) < 4.78 is 1.65. The number of nitrogens with zero attached hydrogens (tertiary/aromatic N) is 3. The first-order valence-electron chi connectivity index (χ1n) is 4.83. The topological polar surface area (TPSA) is 68.0 Å². The highest BCUT2D eigenvalue weighted by Crippen LogP contribution is 2.32. The lowest BCUT2D eigenvalue weighted by molar-refractivity contribution is 0.0989. The molecule has 0 radical (unpaired) electrons. The van der Waals surface area contributed by atoms with E-state index in [1.165, 1.54) is 11.3 Å². The van der Waals surface area contributed by atoms with Crippen LogP contribution in [-0.4, -0.2) is 25.7 Å². The van der Waals surface area contributed by atoms with E-state index in [0.29, 0.717) is 16.3 Å². The molecule has 0 atom stereocenters. The Labute approximate surface area is 96.4 Å². The molecule has 6 heteroatoms. The highest BCUT2D eigenvalue weighted by atomic mass is 32.1. The van der Waals surface area contributed by atoms with Crippen molar-refractivity contribution < 1.29 is 9.90 Å². The fourth-order valence-electron chi connectivity index (χ4n) is 1.31. The maximum atomic E-state index is 11.5. The summed E-state index contributed by atoms with van der Waals surface area (Å²) in [7, 11) is 1.80. The molecule has 2 aromatic rings. The second-order valence-corrected chi connectivity index (χ2v) is 4.35. The van der Waals surface area contributed by atoms with Crippen LogP contribution in [0.4, 0.5) is 0 Å². The first-order valence-corrected chi connectivity index (χ1v) is 5.65. The van der Waals surface area contributed by atoms with E-state index in [1.807, 2.05) is 0 Å². The van der Waals surface area contributed by atoms with Gasteiger partial charge in [-0.15, -0.1) is 11.3 Å². The van der Waals surface area contributed by atoms with Crippen LogP contribution in [0.5, 0.6) is 5.88 Å². The number of carbonyl (C=O) groups is 1. The zero-order chi connectivity index (χ0) is 11.7. The van der Waals surface area contributed by atoms with Crippen molar-refractivity contribution in [3.63, 3.8) is 0 Å². The highest BCUT2D eigenvalue weighted by Gasteiger charge is 2.17. The summed E-state index contributed by atoms with van der Waals surface area (Å²) in [5.74, 6) is -0.277. The van der Waals surface area contributed by atoms with Crippen molar-refractivity contribution in [2.75, 3.05) is 0 Å². The van der Waals surface area contributed by atoms with Gasteiger partial charge in [-0.2, -0.15) is 5.10 Å². The molecular weight excluding hydrogens is 226 g/mol. The van der Waals surface area contributed by atoms with Crippen molar-refractivity contribution in [2.24, 2.45) is 7.05 Å². The molecule has 0 fully saturated rings. The first kappa shape index (κ1) is 10.8. The summed E-state index contributed by atoms with van der Waals surface area (Å²) in [5.41, 5.74) is 0.804. The minimum absolute atomic E-state index is 0.0925. The Morgan fingerprint density at radius 3 is 2.94 bits per heavy atom. The van der Waals surface area contributed by atoms with Crippen LogP contribution in [0, 0.1) is 0 Å². The lowest BCUT2D eigenvalue weighted by Gasteiger charge is -1.89. The SMILES string of the molecule is CCC(=O)c1sc(-c2cnn(C)c2)nc1O. The Kier molecular flexibility index (Phi) is 2.74. The third kappa shape index (κ3) is 1.83. The summed E-state index contributed by atoms with van der Waals surface area (Å²) in [6.45, 7) is 1.76. The lowest BCUT2D eigenvalue weighted by atomic mass is 10.3. The molecule has 0 aromatic carbocycles. The number of Topliss-reactive ketones (excluding diaryl/α,β-unsaturated/α-hetero) is 1. The van der Waals surface area contributed by atoms with Crippen molar-refractivity contribution in [1.82, 2.24) is 14.8 Å². The molecule has 84 valence electrons. The van der Waals surface area contributed by atoms with Crippen LogP contribution in [0.25, 0.3) is 10.6 Å². The minimum Gasteiger partial charge on any atom is -0.492 e. The Hall–Kier alpha value is -1.69. The van der Waals surface area contributed by atoms with E-state index in [9.17, 15) is 9.90 Å². The molecule has 0 spiro atoms. The average molecular weight is 237 g/mol. The van der Waals surface area contributed by atoms with Gasteiger partial charge >= 0.3 is 0 Å². The van der Waals surface area contributed by atoms with Crippen LogP contribution in [0.3, 0.4) is 0 Å². The van der Waals surface area contributed by atoms with E-state index in [-0.39, 0.29) is 11.7 Å². The number of carbonyl (C=O) groups excluding carboxylic acids is 1. The molecule has 0 amide bonds. The summed E-state index contributed by atoms with van der Waals surface area (Å²) in [6.07, 6.45) is 3.80. The molecule has 0 aliphatic carbocycles. The molecule has 0 saturated carbocycles. The quantitative estimate of drug-likeness (QED) is 0.827. The Morgan fingerprint density at radius 2 is 2.38 bits per heavy atom. The van der Waals surface area contributed by atoms with Gasteiger partial charge in [-0.3, -0.25) is 9.48 Å². The van der Waals surface area contributed by atoms with Crippen LogP contribution >= 0.6 is 11.3 Å². The molecule has 2 rings (SSSR count). The molecular formula is C10H11N3O2S. The molecule has 0 saturated heterocycles. The predicted octanol–water partition coefficient (Wildman–Crippen LogP) is 1.84. The van der Waals surface area contributed by atoms with Gasteiger partial charge in [0.15, 0.2) is 5.78 Å². The average Bonchev–Trinajstić information content (AvgIpc) is 2.83. The first-order chi connectivity index (χ1) is 7.61. The molecule has 0 aliphatic heterocycles. The standard InChI is InChI=1S/C10H11N3O2S/c1-3-7(14)8-9(15)12-10(16-8)6-4-11-13(2)5-6/h4-5,15H,3H2,1-2H3. The fraction of sp³-hybridized carbons (Fsp3) is 0.300. The number of aromatic nitrogens is 3. The van der Waals surface area contributed by atoms with Crippen molar-refractivity contribution >= 4 is 17.1 Å². The molecule has 0 bridgehead atoms. The van der Waals surface area contributed by atoms with E-state index >= 15 is 0 Å². The van der Waals surface area contributed by atoms with Crippen molar-refractivity contribution in [2.45, 2.75) is 13.3 Å². The van der Waals surface area contributed by atoms with E-state index in [2.05, 4.69) is 10.1 Å². The van der Waals surface area contributed by atoms with Crippen LogP contribution in [0.15, 0.2) is 12.4 Å². The zero-order valence-electron chi connectivity index (χ0n) is 8.97. The van der Waals surface area contributed by atoms with Crippen molar-refractivity contribution in [1.29, 1.82) is 0 Å². The van der Waals surface area contributed by atoms with Crippen LogP contribution < -0.4 is 0 Å². The summed E-state index contributed by atoms with van der Waals surface area (Å²) in [4.78, 5) is 15.8. The molecule has 0 aliphatic rings. The normalized spacial score (nSPS) is 10.6. The van der Waals surface area contributed by atoms with E-state index in [1.54, 1.807) is 31.0 Å². The Morgan fingerprint density at radius 1 is 1.62 bits per heavy atom. The number of rotatable bonds is 3. The van der Waals surface area contributed by atoms with Gasteiger partial charge in [0.2, 0.25) is 5.88 Å². The van der Waals surface area contributed by atoms with Gasteiger partial charge in [-0.1, -0.05) is 6.92 Å². The van der Waals surface area contributed by atoms with Crippen LogP contribution in [-0.2, 0) is 7.05 Å². The number of hydrogen-bond donors (Lipinski definition) is 1. The van der Waals surface area contributed by atoms with Gasteiger partial charge in [0, 0.05) is 25.2 Å². The van der Waals surface area contributed by atoms with Crippen molar-refractivity contribution in [3.05, 3.63) is 17.3 Å². The molecule has 2 aromatic heterocycles. The molecule has 0 unspecified atom stereocenters. The van der Waals surface area contributed by atoms with E-state index < -0.39 is 0 Å². The van der Waals surface area contributed by atoms with Gasteiger partial charge in [0.25, 0.3) is 0 Å². The fourth-order valence-corrected chi connectivity index (χ4v) is 2.25. The maximum Gasteiger partial charge on any atom is 0.233 e. The van der Waals surface area contributed by atoms with Gasteiger partial charge in [-0.25, -0.2) is 4.98 Å². The smallest absolute Gasteiger partial charge is 0.233 e.